The average molecular weight is 288 g/mol. The molecule has 114 valence electrons. The van der Waals surface area contributed by atoms with Crippen molar-refractivity contribution in [2.75, 3.05) is 18.5 Å². The fourth-order valence-electron chi connectivity index (χ4n) is 3.59. The lowest BCUT2D eigenvalue weighted by Crippen LogP contribution is -2.47. The van der Waals surface area contributed by atoms with E-state index >= 15 is 0 Å². The predicted octanol–water partition coefficient (Wildman–Crippen LogP) is 1.64. The molecule has 0 spiro atoms. The largest absolute Gasteiger partial charge is 0.349 e. The maximum absolute atomic E-state index is 12.5. The van der Waals surface area contributed by atoms with Crippen LogP contribution in [0.3, 0.4) is 0 Å². The van der Waals surface area contributed by atoms with Gasteiger partial charge in [0, 0.05) is 18.6 Å². The van der Waals surface area contributed by atoms with Crippen molar-refractivity contribution in [2.45, 2.75) is 44.7 Å². The van der Waals surface area contributed by atoms with Gasteiger partial charge in [0.1, 0.15) is 0 Å². The second-order valence-corrected chi connectivity index (χ2v) is 6.22. The van der Waals surface area contributed by atoms with E-state index in [1.165, 1.54) is 19.4 Å². The van der Waals surface area contributed by atoms with E-state index in [-0.39, 0.29) is 11.9 Å². The molecule has 0 bridgehead atoms. The van der Waals surface area contributed by atoms with Crippen LogP contribution in [0.15, 0.2) is 18.2 Å². The number of rotatable bonds is 3. The molecular weight excluding hydrogens is 264 g/mol. The van der Waals surface area contributed by atoms with Crippen LogP contribution in [0.25, 0.3) is 0 Å². The first-order valence-electron chi connectivity index (χ1n) is 7.79. The Kier molecular flexibility index (Phi) is 4.12. The number of carbonyl (C=O) groups is 1. The molecule has 2 heterocycles. The van der Waals surface area contributed by atoms with Gasteiger partial charge in [0.05, 0.1) is 11.3 Å². The number of nitrogens with one attached hydrogen (secondary N) is 2. The van der Waals surface area contributed by atoms with Crippen LogP contribution in [-0.2, 0) is 0 Å². The number of piperidine rings is 1. The summed E-state index contributed by atoms with van der Waals surface area (Å²) in [5, 5.41) is 3.19. The third-order valence-corrected chi connectivity index (χ3v) is 4.73. The fraction of sp³-hybridized carbons (Fsp3) is 0.562. The smallest absolute Gasteiger partial charge is 0.253 e. The molecule has 3 rings (SSSR count). The quantitative estimate of drug-likeness (QED) is 0.584. The van der Waals surface area contributed by atoms with E-state index in [4.69, 9.17) is 5.84 Å². The summed E-state index contributed by atoms with van der Waals surface area (Å²) in [6.45, 7) is 4.31. The molecule has 0 saturated carbocycles. The number of anilines is 1. The summed E-state index contributed by atoms with van der Waals surface area (Å²) in [5.41, 5.74) is 4.98. The molecule has 2 aliphatic rings. The number of nitrogens with zero attached hydrogens (tertiary/aromatic N) is 1. The Balaban J connectivity index is 1.67. The first kappa shape index (κ1) is 14.4. The fourth-order valence-corrected chi connectivity index (χ4v) is 3.59. The van der Waals surface area contributed by atoms with Crippen LogP contribution in [0.2, 0.25) is 0 Å². The van der Waals surface area contributed by atoms with Gasteiger partial charge in [0.25, 0.3) is 5.91 Å². The summed E-state index contributed by atoms with van der Waals surface area (Å²) in [6, 6.07) is 6.62. The van der Waals surface area contributed by atoms with Crippen LogP contribution in [0.4, 0.5) is 5.69 Å². The van der Waals surface area contributed by atoms with E-state index in [0.29, 0.717) is 17.3 Å². The van der Waals surface area contributed by atoms with Gasteiger partial charge in [0.15, 0.2) is 0 Å². The zero-order chi connectivity index (χ0) is 14.8. The third-order valence-electron chi connectivity index (χ3n) is 4.73. The van der Waals surface area contributed by atoms with Crippen molar-refractivity contribution in [1.82, 2.24) is 10.2 Å². The Labute approximate surface area is 125 Å². The predicted molar refractivity (Wildman–Crippen MR) is 84.1 cm³/mol. The minimum Gasteiger partial charge on any atom is -0.349 e. The summed E-state index contributed by atoms with van der Waals surface area (Å²) in [6.07, 6.45) is 4.68. The molecule has 0 aliphatic carbocycles. The number of nitrogens with two attached hydrogens (primary N) is 1. The van der Waals surface area contributed by atoms with Gasteiger partial charge in [-0.15, -0.1) is 0 Å². The lowest BCUT2D eigenvalue weighted by Gasteiger charge is -2.35. The topological polar surface area (TPSA) is 70.4 Å². The van der Waals surface area contributed by atoms with Crippen molar-refractivity contribution in [3.05, 3.63) is 29.3 Å². The van der Waals surface area contributed by atoms with Crippen LogP contribution in [0.5, 0.6) is 0 Å². The summed E-state index contributed by atoms with van der Waals surface area (Å²) in [5.74, 6) is 5.48. The maximum atomic E-state index is 12.5. The summed E-state index contributed by atoms with van der Waals surface area (Å²) in [7, 11) is 0. The van der Waals surface area contributed by atoms with Crippen molar-refractivity contribution in [3.8, 4) is 0 Å². The van der Waals surface area contributed by atoms with E-state index in [1.807, 2.05) is 25.1 Å². The van der Waals surface area contributed by atoms with Crippen LogP contribution in [-0.4, -0.2) is 36.0 Å². The second-order valence-electron chi connectivity index (χ2n) is 6.22. The van der Waals surface area contributed by atoms with Crippen LogP contribution >= 0.6 is 0 Å². The first-order valence-corrected chi connectivity index (χ1v) is 7.79. The Morgan fingerprint density at radius 1 is 1.33 bits per heavy atom. The first-order chi connectivity index (χ1) is 10.2. The number of aryl methyl sites for hydroxylation is 1. The zero-order valence-electron chi connectivity index (χ0n) is 12.6. The standard InChI is InChI=1S/C16H24N4O/c1-11-4-5-15(19-17)14(9-11)16(21)18-12-6-8-20-7-2-3-13(20)10-12/h4-5,9,12-13,19H,2-3,6-8,10,17H2,1H3,(H,18,21). The van der Waals surface area contributed by atoms with Crippen molar-refractivity contribution in [1.29, 1.82) is 0 Å². The Hall–Kier alpha value is -1.59. The maximum Gasteiger partial charge on any atom is 0.253 e. The molecule has 5 heteroatoms. The van der Waals surface area contributed by atoms with Gasteiger partial charge >= 0.3 is 0 Å². The molecule has 2 aliphatic heterocycles. The van der Waals surface area contributed by atoms with E-state index in [1.54, 1.807) is 0 Å². The number of benzene rings is 1. The average Bonchev–Trinajstić information content (AvgIpc) is 2.94. The van der Waals surface area contributed by atoms with Gasteiger partial charge in [-0.05, 0) is 51.3 Å². The number of hydrogen-bond donors (Lipinski definition) is 3. The van der Waals surface area contributed by atoms with Crippen molar-refractivity contribution in [3.63, 3.8) is 0 Å². The van der Waals surface area contributed by atoms with Crippen LogP contribution in [0, 0.1) is 6.92 Å². The Morgan fingerprint density at radius 2 is 2.19 bits per heavy atom. The molecule has 5 nitrogen and oxygen atoms in total. The molecule has 2 atom stereocenters. The minimum atomic E-state index is -0.0249. The Bertz CT molecular complexity index is 531. The van der Waals surface area contributed by atoms with E-state index in [0.717, 1.165) is 24.9 Å². The number of hydrazine groups is 1. The van der Waals surface area contributed by atoms with E-state index in [9.17, 15) is 4.79 Å². The normalized spacial score (nSPS) is 25.4. The highest BCUT2D eigenvalue weighted by Gasteiger charge is 2.32. The molecule has 2 unspecified atom stereocenters. The molecule has 1 aromatic rings. The van der Waals surface area contributed by atoms with E-state index in [2.05, 4.69) is 15.6 Å². The SMILES string of the molecule is Cc1ccc(NN)c(C(=O)NC2CCN3CCCC3C2)c1. The van der Waals surface area contributed by atoms with Crippen LogP contribution < -0.4 is 16.6 Å². The molecule has 0 radical (unpaired) electrons. The summed E-state index contributed by atoms with van der Waals surface area (Å²) >= 11 is 0. The van der Waals surface area contributed by atoms with Crippen LogP contribution in [0.1, 0.15) is 41.6 Å². The molecule has 2 saturated heterocycles. The zero-order valence-corrected chi connectivity index (χ0v) is 12.6. The second kappa shape index (κ2) is 6.03. The van der Waals surface area contributed by atoms with Crippen molar-refractivity contribution < 1.29 is 4.79 Å². The van der Waals surface area contributed by atoms with Gasteiger partial charge in [-0.1, -0.05) is 11.6 Å². The Morgan fingerprint density at radius 3 is 3.00 bits per heavy atom. The van der Waals surface area contributed by atoms with Gasteiger partial charge < -0.3 is 15.6 Å². The van der Waals surface area contributed by atoms with Gasteiger partial charge in [-0.3, -0.25) is 10.6 Å². The molecule has 1 aromatic carbocycles. The van der Waals surface area contributed by atoms with Crippen molar-refractivity contribution in [2.24, 2.45) is 5.84 Å². The lowest BCUT2D eigenvalue weighted by molar-refractivity contribution is 0.0897. The molecule has 4 N–H and O–H groups in total. The van der Waals surface area contributed by atoms with Gasteiger partial charge in [0.2, 0.25) is 0 Å². The van der Waals surface area contributed by atoms with Gasteiger partial charge in [-0.2, -0.15) is 0 Å². The highest BCUT2D eigenvalue weighted by Crippen LogP contribution is 2.27. The summed E-state index contributed by atoms with van der Waals surface area (Å²) < 4.78 is 0. The molecule has 21 heavy (non-hydrogen) atoms. The number of hydrogen-bond acceptors (Lipinski definition) is 4. The highest BCUT2D eigenvalue weighted by atomic mass is 16.1. The summed E-state index contributed by atoms with van der Waals surface area (Å²) in [4.78, 5) is 15.1. The molecule has 1 amide bonds. The number of nitrogen functional groups attached to an aromatic ring is 1. The molecule has 2 fully saturated rings. The number of amides is 1. The molecule has 0 aromatic heterocycles. The highest BCUT2D eigenvalue weighted by molar-refractivity contribution is 5.99. The number of carbonyl (C=O) groups excluding carboxylic acids is 1. The lowest BCUT2D eigenvalue weighted by atomic mass is 9.97. The minimum absolute atomic E-state index is 0.0249. The van der Waals surface area contributed by atoms with Crippen molar-refractivity contribution >= 4 is 11.6 Å². The third kappa shape index (κ3) is 3.04. The molecular formula is C16H24N4O. The monoisotopic (exact) mass is 288 g/mol. The number of fused-ring (bicyclic) bond motifs is 1. The van der Waals surface area contributed by atoms with E-state index < -0.39 is 0 Å². The van der Waals surface area contributed by atoms with Gasteiger partial charge in [-0.25, -0.2) is 0 Å².